The van der Waals surface area contributed by atoms with E-state index in [2.05, 4.69) is 5.32 Å². The first-order valence-corrected chi connectivity index (χ1v) is 7.30. The van der Waals surface area contributed by atoms with Gasteiger partial charge >= 0.3 is 0 Å². The van der Waals surface area contributed by atoms with Crippen molar-refractivity contribution in [1.29, 1.82) is 0 Å². The molecule has 23 heavy (non-hydrogen) atoms. The van der Waals surface area contributed by atoms with E-state index in [-0.39, 0.29) is 17.0 Å². The Morgan fingerprint density at radius 2 is 1.70 bits per heavy atom. The average molecular weight is 349 g/mol. The molecule has 3 N–H and O–H groups in total. The smallest absolute Gasteiger partial charge is 0.286 e. The Bertz CT molecular complexity index is 914. The fraction of sp³-hybridized carbons (Fsp3) is 0. The molecule has 0 unspecified atom stereocenters. The van der Waals surface area contributed by atoms with Crippen molar-refractivity contribution >= 4 is 51.7 Å². The van der Waals surface area contributed by atoms with Crippen molar-refractivity contribution in [1.82, 2.24) is 0 Å². The van der Waals surface area contributed by atoms with Crippen LogP contribution in [0.5, 0.6) is 0 Å². The minimum atomic E-state index is -0.777. The van der Waals surface area contributed by atoms with Gasteiger partial charge in [-0.1, -0.05) is 35.3 Å². The molecule has 2 aromatic carbocycles. The molecule has 0 fully saturated rings. The third-order valence-corrected chi connectivity index (χ3v) is 3.62. The van der Waals surface area contributed by atoms with E-state index in [0.29, 0.717) is 21.0 Å². The number of carbonyl (C=O) groups excluding carboxylic acids is 2. The predicted octanol–water partition coefficient (Wildman–Crippen LogP) is 4.09. The van der Waals surface area contributed by atoms with Crippen molar-refractivity contribution in [3.05, 3.63) is 63.8 Å². The van der Waals surface area contributed by atoms with Crippen LogP contribution >= 0.6 is 23.2 Å². The quantitative estimate of drug-likeness (QED) is 0.747. The number of furan rings is 1. The van der Waals surface area contributed by atoms with Gasteiger partial charge in [0, 0.05) is 21.0 Å². The van der Waals surface area contributed by atoms with Crippen LogP contribution in [0.2, 0.25) is 10.0 Å². The number of hydrogen-bond acceptors (Lipinski definition) is 3. The van der Waals surface area contributed by atoms with Crippen molar-refractivity contribution in [3.8, 4) is 0 Å². The molecule has 7 heteroatoms. The number of amides is 2. The first kappa shape index (κ1) is 15.4. The van der Waals surface area contributed by atoms with Gasteiger partial charge < -0.3 is 15.5 Å². The highest BCUT2D eigenvalue weighted by Gasteiger charge is 2.21. The number of benzene rings is 2. The topological polar surface area (TPSA) is 85.3 Å². The molecule has 0 aliphatic rings. The number of nitrogens with one attached hydrogen (secondary N) is 1. The Morgan fingerprint density at radius 1 is 1.04 bits per heavy atom. The van der Waals surface area contributed by atoms with E-state index in [0.717, 1.165) is 0 Å². The summed E-state index contributed by atoms with van der Waals surface area (Å²) in [5.41, 5.74) is 6.23. The first-order valence-electron chi connectivity index (χ1n) is 6.54. The van der Waals surface area contributed by atoms with Crippen LogP contribution in [0.3, 0.4) is 0 Å². The van der Waals surface area contributed by atoms with Crippen LogP contribution in [0.15, 0.2) is 46.9 Å². The van der Waals surface area contributed by atoms with Crippen LogP contribution in [-0.4, -0.2) is 11.8 Å². The van der Waals surface area contributed by atoms with E-state index in [1.54, 1.807) is 24.3 Å². The Hall–Kier alpha value is -2.50. The summed E-state index contributed by atoms with van der Waals surface area (Å²) < 4.78 is 5.40. The summed E-state index contributed by atoms with van der Waals surface area (Å²) in [6.45, 7) is 0. The van der Waals surface area contributed by atoms with E-state index in [4.69, 9.17) is 33.4 Å². The normalized spacial score (nSPS) is 10.7. The lowest BCUT2D eigenvalue weighted by molar-refractivity contribution is 0.0977. The molecule has 3 aromatic rings. The van der Waals surface area contributed by atoms with E-state index < -0.39 is 11.8 Å². The van der Waals surface area contributed by atoms with Gasteiger partial charge in [-0.3, -0.25) is 9.59 Å². The number of hydrogen-bond donors (Lipinski definition) is 2. The minimum absolute atomic E-state index is 0.118. The second-order valence-electron chi connectivity index (χ2n) is 4.78. The van der Waals surface area contributed by atoms with Crippen molar-refractivity contribution in [2.24, 2.45) is 5.73 Å². The molecule has 0 saturated heterocycles. The van der Waals surface area contributed by atoms with Crippen LogP contribution in [0.1, 0.15) is 20.9 Å². The van der Waals surface area contributed by atoms with Crippen molar-refractivity contribution in [2.75, 3.05) is 5.32 Å². The van der Waals surface area contributed by atoms with E-state index in [1.807, 2.05) is 0 Å². The van der Waals surface area contributed by atoms with Gasteiger partial charge in [0.15, 0.2) is 0 Å². The van der Waals surface area contributed by atoms with Gasteiger partial charge in [0.2, 0.25) is 5.76 Å². The van der Waals surface area contributed by atoms with Gasteiger partial charge in [-0.2, -0.15) is 0 Å². The number of rotatable bonds is 3. The van der Waals surface area contributed by atoms with Crippen molar-refractivity contribution in [2.45, 2.75) is 0 Å². The molecular weight excluding hydrogens is 339 g/mol. The van der Waals surface area contributed by atoms with Gasteiger partial charge in [0.05, 0.1) is 0 Å². The Balaban J connectivity index is 2.05. The standard InChI is InChI=1S/C16H10Cl2N2O3/c17-9-5-8(6-10(18)7-9)16(22)20-13-11-3-1-2-4-12(11)23-14(13)15(19)21/h1-7H,(H2,19,21)(H,20,22). The zero-order chi connectivity index (χ0) is 16.6. The number of anilines is 1. The predicted molar refractivity (Wildman–Crippen MR) is 89.1 cm³/mol. The molecule has 116 valence electrons. The SMILES string of the molecule is NC(=O)c1oc2ccccc2c1NC(=O)c1cc(Cl)cc(Cl)c1. The molecule has 0 aliphatic carbocycles. The number of fused-ring (bicyclic) bond motifs is 1. The summed E-state index contributed by atoms with van der Waals surface area (Å²) in [4.78, 5) is 24.0. The van der Waals surface area contributed by atoms with Gasteiger partial charge in [0.25, 0.3) is 11.8 Å². The largest absolute Gasteiger partial charge is 0.449 e. The lowest BCUT2D eigenvalue weighted by Crippen LogP contribution is -2.17. The van der Waals surface area contributed by atoms with Crippen LogP contribution in [0.25, 0.3) is 11.0 Å². The van der Waals surface area contributed by atoms with Crippen molar-refractivity contribution in [3.63, 3.8) is 0 Å². The maximum Gasteiger partial charge on any atom is 0.286 e. The van der Waals surface area contributed by atoms with Crippen molar-refractivity contribution < 1.29 is 14.0 Å². The minimum Gasteiger partial charge on any atom is -0.449 e. The monoisotopic (exact) mass is 348 g/mol. The molecule has 0 aliphatic heterocycles. The molecule has 2 amide bonds. The third kappa shape index (κ3) is 3.02. The molecule has 0 bridgehead atoms. The lowest BCUT2D eigenvalue weighted by Gasteiger charge is -2.06. The zero-order valence-electron chi connectivity index (χ0n) is 11.6. The second kappa shape index (κ2) is 5.95. The summed E-state index contributed by atoms with van der Waals surface area (Å²) in [7, 11) is 0. The van der Waals surface area contributed by atoms with Crippen LogP contribution in [0, 0.1) is 0 Å². The highest BCUT2D eigenvalue weighted by molar-refractivity contribution is 6.35. The summed E-state index contributed by atoms with van der Waals surface area (Å²) >= 11 is 11.8. The zero-order valence-corrected chi connectivity index (χ0v) is 13.1. The number of carbonyl (C=O) groups is 2. The summed E-state index contributed by atoms with van der Waals surface area (Å²) in [5, 5.41) is 3.86. The van der Waals surface area contributed by atoms with Gasteiger partial charge in [-0.25, -0.2) is 0 Å². The number of para-hydroxylation sites is 1. The fourth-order valence-electron chi connectivity index (χ4n) is 2.21. The molecule has 0 radical (unpaired) electrons. The van der Waals surface area contributed by atoms with Crippen LogP contribution in [0.4, 0.5) is 5.69 Å². The molecule has 1 aromatic heterocycles. The van der Waals surface area contributed by atoms with Gasteiger partial charge in [-0.05, 0) is 30.3 Å². The number of primary amides is 1. The Morgan fingerprint density at radius 3 is 2.35 bits per heavy atom. The third-order valence-electron chi connectivity index (χ3n) is 3.18. The second-order valence-corrected chi connectivity index (χ2v) is 5.65. The molecule has 0 spiro atoms. The lowest BCUT2D eigenvalue weighted by atomic mass is 10.1. The highest BCUT2D eigenvalue weighted by atomic mass is 35.5. The number of halogens is 2. The van der Waals surface area contributed by atoms with Gasteiger partial charge in [0.1, 0.15) is 11.3 Å². The fourth-order valence-corrected chi connectivity index (χ4v) is 2.74. The first-order chi connectivity index (χ1) is 11.0. The average Bonchev–Trinajstić information content (AvgIpc) is 2.85. The summed E-state index contributed by atoms with van der Waals surface area (Å²) in [5.74, 6) is -1.38. The maximum absolute atomic E-state index is 12.4. The summed E-state index contributed by atoms with van der Waals surface area (Å²) in [6.07, 6.45) is 0. The van der Waals surface area contributed by atoms with E-state index >= 15 is 0 Å². The summed E-state index contributed by atoms with van der Waals surface area (Å²) in [6, 6.07) is 11.3. The number of nitrogens with two attached hydrogens (primary N) is 1. The molecule has 1 heterocycles. The van der Waals surface area contributed by atoms with Gasteiger partial charge in [-0.15, -0.1) is 0 Å². The van der Waals surface area contributed by atoms with E-state index in [1.165, 1.54) is 18.2 Å². The van der Waals surface area contributed by atoms with E-state index in [9.17, 15) is 9.59 Å². The Labute approximate surface area is 141 Å². The molecule has 0 saturated carbocycles. The van der Waals surface area contributed by atoms with Crippen LogP contribution < -0.4 is 11.1 Å². The molecule has 3 rings (SSSR count). The highest BCUT2D eigenvalue weighted by Crippen LogP contribution is 2.31. The molecular formula is C16H10Cl2N2O3. The molecule has 5 nitrogen and oxygen atoms in total. The van der Waals surface area contributed by atoms with Crippen LogP contribution in [-0.2, 0) is 0 Å². The Kier molecular flexibility index (Phi) is 3.98. The maximum atomic E-state index is 12.4. The molecule has 0 atom stereocenters.